The highest BCUT2D eigenvalue weighted by molar-refractivity contribution is 8.18. The highest BCUT2D eigenvalue weighted by atomic mass is 35.5. The van der Waals surface area contributed by atoms with E-state index in [4.69, 9.17) is 16.3 Å². The first-order valence-electron chi connectivity index (χ1n) is 11.1. The topological polar surface area (TPSA) is 95.9 Å². The summed E-state index contributed by atoms with van der Waals surface area (Å²) in [6.45, 7) is 3.03. The molecule has 2 aliphatic heterocycles. The predicted molar refractivity (Wildman–Crippen MR) is 141 cm³/mol. The Morgan fingerprint density at radius 2 is 2.03 bits per heavy atom. The maximum Gasteiger partial charge on any atom is 0.286 e. The lowest BCUT2D eigenvalue weighted by molar-refractivity contribution is -0.118. The van der Waals surface area contributed by atoms with Gasteiger partial charge in [-0.25, -0.2) is 0 Å². The van der Waals surface area contributed by atoms with Crippen LogP contribution in [0.4, 0.5) is 11.4 Å². The van der Waals surface area contributed by atoms with Crippen LogP contribution < -0.4 is 10.6 Å². The zero-order valence-electron chi connectivity index (χ0n) is 18.7. The molecule has 3 aromatic rings. The molecule has 0 bridgehead atoms. The summed E-state index contributed by atoms with van der Waals surface area (Å²) in [5.41, 5.74) is 2.93. The van der Waals surface area contributed by atoms with Crippen LogP contribution in [0, 0.1) is 0 Å². The average Bonchev–Trinajstić information content (AvgIpc) is 3.20. The van der Waals surface area contributed by atoms with Crippen molar-refractivity contribution in [2.45, 2.75) is 0 Å². The normalized spacial score (nSPS) is 17.6. The van der Waals surface area contributed by atoms with E-state index in [-0.39, 0.29) is 11.8 Å². The Balaban J connectivity index is 1.25. The van der Waals surface area contributed by atoms with Gasteiger partial charge < -0.3 is 15.4 Å². The van der Waals surface area contributed by atoms with Crippen molar-refractivity contribution in [3.05, 3.63) is 70.2 Å². The van der Waals surface area contributed by atoms with Crippen molar-refractivity contribution in [2.24, 2.45) is 4.99 Å². The van der Waals surface area contributed by atoms with Crippen molar-refractivity contribution in [2.75, 3.05) is 43.5 Å². The lowest BCUT2D eigenvalue weighted by Crippen LogP contribution is -2.41. The van der Waals surface area contributed by atoms with Crippen molar-refractivity contribution in [1.29, 1.82) is 0 Å². The zero-order valence-corrected chi connectivity index (χ0v) is 20.2. The Hall–Kier alpha value is -3.24. The SMILES string of the molecule is O=C(CN1CCOCC1)Nc1ccc(Cl)c(NC2=NC(=O)C(=Cc3ccc4ncccc4c3)S2)c1. The number of amides is 2. The Kier molecular flexibility index (Phi) is 7.10. The van der Waals surface area contributed by atoms with Crippen LogP contribution >= 0.6 is 23.4 Å². The van der Waals surface area contributed by atoms with Crippen molar-refractivity contribution < 1.29 is 14.3 Å². The van der Waals surface area contributed by atoms with Crippen molar-refractivity contribution in [3.8, 4) is 0 Å². The van der Waals surface area contributed by atoms with Crippen LogP contribution in [0.15, 0.2) is 64.6 Å². The molecule has 0 atom stereocenters. The highest BCUT2D eigenvalue weighted by Gasteiger charge is 2.23. The molecule has 178 valence electrons. The third kappa shape index (κ3) is 5.88. The van der Waals surface area contributed by atoms with Gasteiger partial charge in [-0.2, -0.15) is 4.99 Å². The maximum atomic E-state index is 12.5. The second-order valence-corrected chi connectivity index (χ2v) is 9.48. The Morgan fingerprint density at radius 3 is 2.89 bits per heavy atom. The standard InChI is InChI=1S/C25H22ClN5O3S/c26-19-5-4-18(28-23(32)15-31-8-10-34-11-9-31)14-21(19)29-25-30-24(33)22(35-25)13-16-3-6-20-17(12-16)2-1-7-27-20/h1-7,12-14H,8-11,15H2,(H,28,32)(H,29,30,33). The summed E-state index contributed by atoms with van der Waals surface area (Å²) >= 11 is 7.59. The van der Waals surface area contributed by atoms with Crippen LogP contribution in [0.25, 0.3) is 17.0 Å². The number of ether oxygens (including phenoxy) is 1. The van der Waals surface area contributed by atoms with E-state index >= 15 is 0 Å². The number of hydrogen-bond donors (Lipinski definition) is 2. The fourth-order valence-electron chi connectivity index (χ4n) is 3.77. The monoisotopic (exact) mass is 507 g/mol. The number of carbonyl (C=O) groups is 2. The number of benzene rings is 2. The first-order chi connectivity index (χ1) is 17.0. The summed E-state index contributed by atoms with van der Waals surface area (Å²) in [5, 5.41) is 7.87. The predicted octanol–water partition coefficient (Wildman–Crippen LogP) is 4.24. The van der Waals surface area contributed by atoms with E-state index in [1.54, 1.807) is 24.4 Å². The van der Waals surface area contributed by atoms with E-state index < -0.39 is 0 Å². The number of carbonyl (C=O) groups excluding carboxylic acids is 2. The van der Waals surface area contributed by atoms with Crippen LogP contribution in [0.3, 0.4) is 0 Å². The smallest absolute Gasteiger partial charge is 0.286 e. The Labute approximate surface area is 211 Å². The van der Waals surface area contributed by atoms with Crippen molar-refractivity contribution in [1.82, 2.24) is 9.88 Å². The molecule has 8 nitrogen and oxygen atoms in total. The van der Waals surface area contributed by atoms with Gasteiger partial charge in [0.1, 0.15) is 0 Å². The number of rotatable bonds is 5. The lowest BCUT2D eigenvalue weighted by atomic mass is 10.1. The van der Waals surface area contributed by atoms with E-state index in [2.05, 4.69) is 20.6 Å². The van der Waals surface area contributed by atoms with Crippen LogP contribution in [0.5, 0.6) is 0 Å². The average molecular weight is 508 g/mol. The van der Waals surface area contributed by atoms with Gasteiger partial charge in [0.15, 0.2) is 5.17 Å². The summed E-state index contributed by atoms with van der Waals surface area (Å²) < 4.78 is 5.32. The molecule has 10 heteroatoms. The number of morpholine rings is 1. The van der Waals surface area contributed by atoms with E-state index in [9.17, 15) is 9.59 Å². The zero-order chi connectivity index (χ0) is 24.2. The van der Waals surface area contributed by atoms with Gasteiger partial charge in [0.05, 0.1) is 40.9 Å². The minimum atomic E-state index is -0.324. The number of amidine groups is 1. The third-order valence-electron chi connectivity index (χ3n) is 5.51. The summed E-state index contributed by atoms with van der Waals surface area (Å²) in [7, 11) is 0. The van der Waals surface area contributed by atoms with E-state index in [0.29, 0.717) is 46.2 Å². The number of hydrogen-bond acceptors (Lipinski definition) is 7. The van der Waals surface area contributed by atoms with Gasteiger partial charge >= 0.3 is 0 Å². The molecule has 2 N–H and O–H groups in total. The van der Waals surface area contributed by atoms with Gasteiger partial charge in [0.2, 0.25) is 5.91 Å². The van der Waals surface area contributed by atoms with Crippen molar-refractivity contribution >= 4 is 68.7 Å². The maximum absolute atomic E-state index is 12.5. The molecule has 0 spiro atoms. The van der Waals surface area contributed by atoms with Crippen LogP contribution in [-0.4, -0.2) is 59.7 Å². The molecule has 0 radical (unpaired) electrons. The minimum absolute atomic E-state index is 0.112. The summed E-state index contributed by atoms with van der Waals surface area (Å²) in [4.78, 5) is 35.9. The Bertz CT molecular complexity index is 1350. The van der Waals surface area contributed by atoms with Gasteiger partial charge in [-0.1, -0.05) is 23.7 Å². The number of halogens is 1. The number of aromatic nitrogens is 1. The van der Waals surface area contributed by atoms with Gasteiger partial charge in [-0.05, 0) is 59.8 Å². The summed E-state index contributed by atoms with van der Waals surface area (Å²) in [6.07, 6.45) is 3.56. The molecule has 3 heterocycles. The molecule has 1 saturated heterocycles. The van der Waals surface area contributed by atoms with Crippen molar-refractivity contribution in [3.63, 3.8) is 0 Å². The molecule has 2 aromatic carbocycles. The molecule has 0 aliphatic carbocycles. The first-order valence-corrected chi connectivity index (χ1v) is 12.3. The number of nitrogens with zero attached hydrogens (tertiary/aromatic N) is 3. The molecule has 2 aliphatic rings. The Morgan fingerprint density at radius 1 is 1.17 bits per heavy atom. The number of anilines is 2. The molecular formula is C25H22ClN5O3S. The lowest BCUT2D eigenvalue weighted by Gasteiger charge is -2.25. The largest absolute Gasteiger partial charge is 0.379 e. The molecule has 0 unspecified atom stereocenters. The van der Waals surface area contributed by atoms with Crippen LogP contribution in [0.1, 0.15) is 5.56 Å². The van der Waals surface area contributed by atoms with Gasteiger partial charge in [-0.15, -0.1) is 0 Å². The number of thioether (sulfide) groups is 1. The molecule has 5 rings (SSSR count). The van der Waals surface area contributed by atoms with E-state index in [1.807, 2.05) is 41.3 Å². The van der Waals surface area contributed by atoms with E-state index in [1.165, 1.54) is 11.8 Å². The second-order valence-electron chi connectivity index (χ2n) is 8.04. The molecule has 0 saturated carbocycles. The van der Waals surface area contributed by atoms with Crippen LogP contribution in [-0.2, 0) is 14.3 Å². The van der Waals surface area contributed by atoms with Gasteiger partial charge in [0, 0.05) is 30.4 Å². The number of fused-ring (bicyclic) bond motifs is 1. The van der Waals surface area contributed by atoms with Crippen LogP contribution in [0.2, 0.25) is 5.02 Å². The fourth-order valence-corrected chi connectivity index (χ4v) is 4.77. The number of aliphatic imine (C=N–C) groups is 1. The first kappa shape index (κ1) is 23.5. The number of pyridine rings is 1. The third-order valence-corrected chi connectivity index (χ3v) is 6.74. The summed E-state index contributed by atoms with van der Waals surface area (Å²) in [6, 6.07) is 14.8. The fraction of sp³-hybridized carbons (Fsp3) is 0.200. The minimum Gasteiger partial charge on any atom is -0.379 e. The molecule has 2 amide bonds. The second kappa shape index (κ2) is 10.6. The summed E-state index contributed by atoms with van der Waals surface area (Å²) in [5.74, 6) is -0.436. The molecule has 1 fully saturated rings. The molecule has 1 aromatic heterocycles. The molecular weight excluding hydrogens is 486 g/mol. The quantitative estimate of drug-likeness (QED) is 0.498. The van der Waals surface area contributed by atoms with Gasteiger partial charge in [-0.3, -0.25) is 19.5 Å². The number of nitrogens with one attached hydrogen (secondary N) is 2. The van der Waals surface area contributed by atoms with E-state index in [0.717, 1.165) is 29.6 Å². The highest BCUT2D eigenvalue weighted by Crippen LogP contribution is 2.32. The molecule has 35 heavy (non-hydrogen) atoms. The van der Waals surface area contributed by atoms with Gasteiger partial charge in [0.25, 0.3) is 5.91 Å².